The van der Waals surface area contributed by atoms with E-state index in [4.69, 9.17) is 5.73 Å². The molecule has 0 heterocycles. The molecule has 1 aromatic carbocycles. The van der Waals surface area contributed by atoms with Gasteiger partial charge in [-0.2, -0.15) is 0 Å². The molecule has 0 saturated carbocycles. The Kier molecular flexibility index (Phi) is 4.95. The van der Waals surface area contributed by atoms with Gasteiger partial charge in [0.05, 0.1) is 0 Å². The van der Waals surface area contributed by atoms with Gasteiger partial charge >= 0.3 is 0 Å². The van der Waals surface area contributed by atoms with Gasteiger partial charge in [-0.05, 0) is 19.3 Å². The van der Waals surface area contributed by atoms with Gasteiger partial charge in [0.15, 0.2) is 0 Å². The Hall–Kier alpha value is -1.08. The Morgan fingerprint density at radius 2 is 1.46 bits per heavy atom. The van der Waals surface area contributed by atoms with Crippen molar-refractivity contribution in [2.75, 3.05) is 0 Å². The highest BCUT2D eigenvalue weighted by molar-refractivity contribution is 4.99. The van der Waals surface area contributed by atoms with Crippen LogP contribution in [0.3, 0.4) is 0 Å². The summed E-state index contributed by atoms with van der Waals surface area (Å²) in [5.41, 5.74) is 5.55. The van der Waals surface area contributed by atoms with E-state index in [9.17, 15) is 0 Å². The van der Waals surface area contributed by atoms with Crippen molar-refractivity contribution in [3.05, 3.63) is 48.6 Å². The molecule has 0 aliphatic heterocycles. The summed E-state index contributed by atoms with van der Waals surface area (Å²) < 4.78 is 0. The summed E-state index contributed by atoms with van der Waals surface area (Å²) in [5.74, 6) is 0. The molecule has 1 unspecified atom stereocenters. The molecule has 1 aliphatic rings. The summed E-state index contributed by atoms with van der Waals surface area (Å²) in [6, 6.07) is 12.4. The molecule has 70 valence electrons. The minimum Gasteiger partial charge on any atom is -0.324 e. The number of allylic oxidation sites excluding steroid dienone is 1. The molecule has 1 atom stereocenters. The van der Waals surface area contributed by atoms with Crippen LogP contribution in [-0.4, -0.2) is 6.04 Å². The maximum atomic E-state index is 5.55. The Morgan fingerprint density at radius 1 is 0.923 bits per heavy atom. The fourth-order valence-electron chi connectivity index (χ4n) is 1.22. The minimum absolute atomic E-state index is 0.355. The minimum atomic E-state index is 0.355. The topological polar surface area (TPSA) is 26.0 Å². The fraction of sp³-hybridized carbons (Fsp3) is 0.333. The lowest BCUT2D eigenvalue weighted by Crippen LogP contribution is -2.17. The van der Waals surface area contributed by atoms with Crippen molar-refractivity contribution in [1.29, 1.82) is 0 Å². The molecule has 1 aliphatic carbocycles. The van der Waals surface area contributed by atoms with Crippen LogP contribution in [0.25, 0.3) is 0 Å². The highest BCUT2D eigenvalue weighted by atomic mass is 14.6. The first-order valence-electron chi connectivity index (χ1n) is 4.82. The largest absolute Gasteiger partial charge is 0.324 e. The van der Waals surface area contributed by atoms with E-state index < -0.39 is 0 Å². The number of rotatable bonds is 0. The molecule has 2 N–H and O–H groups in total. The molecule has 1 nitrogen and oxygen atoms in total. The molecule has 1 aromatic rings. The van der Waals surface area contributed by atoms with E-state index in [1.807, 2.05) is 36.4 Å². The molecule has 0 amide bonds. The van der Waals surface area contributed by atoms with Gasteiger partial charge in [-0.25, -0.2) is 0 Å². The summed E-state index contributed by atoms with van der Waals surface area (Å²) in [6.07, 6.45) is 7.93. The van der Waals surface area contributed by atoms with E-state index in [2.05, 4.69) is 12.2 Å². The zero-order chi connectivity index (χ0) is 9.36. The smallest absolute Gasteiger partial charge is 0.0223 e. The molecule has 1 heteroatoms. The van der Waals surface area contributed by atoms with Crippen LogP contribution < -0.4 is 5.73 Å². The standard InChI is InChI=1S/C6H11N.C6H6/c7-6-4-2-1-3-5-6;1-2-4-6-5-3-1/h2,4,6H,1,3,5,7H2;1-6H. The maximum Gasteiger partial charge on any atom is 0.0223 e. The van der Waals surface area contributed by atoms with Crippen molar-refractivity contribution in [2.45, 2.75) is 25.3 Å². The van der Waals surface area contributed by atoms with Crippen molar-refractivity contribution in [3.63, 3.8) is 0 Å². The zero-order valence-electron chi connectivity index (χ0n) is 7.89. The third-order valence-electron chi connectivity index (χ3n) is 1.96. The SMILES string of the molecule is NC1C=CCCC1.c1ccccc1. The van der Waals surface area contributed by atoms with Crippen LogP contribution in [0.5, 0.6) is 0 Å². The Morgan fingerprint density at radius 3 is 1.69 bits per heavy atom. The lowest BCUT2D eigenvalue weighted by atomic mass is 10.0. The lowest BCUT2D eigenvalue weighted by Gasteiger charge is -2.08. The van der Waals surface area contributed by atoms with Crippen LogP contribution in [0.15, 0.2) is 48.6 Å². The van der Waals surface area contributed by atoms with Gasteiger partial charge in [0.2, 0.25) is 0 Å². The van der Waals surface area contributed by atoms with Crippen LogP contribution in [-0.2, 0) is 0 Å². The number of hydrogen-bond donors (Lipinski definition) is 1. The molecule has 0 radical (unpaired) electrons. The number of hydrogen-bond acceptors (Lipinski definition) is 1. The first kappa shape index (κ1) is 10.0. The van der Waals surface area contributed by atoms with E-state index >= 15 is 0 Å². The second-order valence-corrected chi connectivity index (χ2v) is 3.18. The summed E-state index contributed by atoms with van der Waals surface area (Å²) >= 11 is 0. The normalized spacial score (nSPS) is 20.2. The summed E-state index contributed by atoms with van der Waals surface area (Å²) in [4.78, 5) is 0. The predicted octanol–water partition coefficient (Wildman–Crippen LogP) is 2.74. The van der Waals surface area contributed by atoms with Crippen LogP contribution in [0, 0.1) is 0 Å². The monoisotopic (exact) mass is 175 g/mol. The fourth-order valence-corrected chi connectivity index (χ4v) is 1.22. The first-order valence-corrected chi connectivity index (χ1v) is 4.82. The van der Waals surface area contributed by atoms with Gasteiger partial charge in [-0.15, -0.1) is 0 Å². The van der Waals surface area contributed by atoms with E-state index in [1.54, 1.807) is 0 Å². The number of benzene rings is 1. The quantitative estimate of drug-likeness (QED) is 0.603. The van der Waals surface area contributed by atoms with Gasteiger partial charge < -0.3 is 5.73 Å². The summed E-state index contributed by atoms with van der Waals surface area (Å²) in [7, 11) is 0. The molecular formula is C12H17N. The second kappa shape index (κ2) is 6.44. The Balaban J connectivity index is 0.000000132. The molecule has 0 spiro atoms. The van der Waals surface area contributed by atoms with Gasteiger partial charge in [-0.1, -0.05) is 48.6 Å². The lowest BCUT2D eigenvalue weighted by molar-refractivity contribution is 0.645. The predicted molar refractivity (Wildman–Crippen MR) is 57.4 cm³/mol. The van der Waals surface area contributed by atoms with Crippen molar-refractivity contribution >= 4 is 0 Å². The van der Waals surface area contributed by atoms with Crippen LogP contribution in [0.4, 0.5) is 0 Å². The Labute approximate surface area is 80.3 Å². The van der Waals surface area contributed by atoms with Gasteiger partial charge in [-0.3, -0.25) is 0 Å². The van der Waals surface area contributed by atoms with Crippen molar-refractivity contribution < 1.29 is 0 Å². The van der Waals surface area contributed by atoms with E-state index in [1.165, 1.54) is 19.3 Å². The molecule has 0 fully saturated rings. The van der Waals surface area contributed by atoms with Crippen LogP contribution >= 0.6 is 0 Å². The van der Waals surface area contributed by atoms with Crippen LogP contribution in [0.1, 0.15) is 19.3 Å². The first-order chi connectivity index (χ1) is 6.39. The van der Waals surface area contributed by atoms with Crippen molar-refractivity contribution in [1.82, 2.24) is 0 Å². The molecule has 2 rings (SSSR count). The van der Waals surface area contributed by atoms with E-state index in [0.29, 0.717) is 6.04 Å². The van der Waals surface area contributed by atoms with Crippen LogP contribution in [0.2, 0.25) is 0 Å². The van der Waals surface area contributed by atoms with Crippen molar-refractivity contribution in [2.24, 2.45) is 5.73 Å². The summed E-state index contributed by atoms with van der Waals surface area (Å²) in [5, 5.41) is 0. The maximum absolute atomic E-state index is 5.55. The van der Waals surface area contributed by atoms with Gasteiger partial charge in [0, 0.05) is 6.04 Å². The van der Waals surface area contributed by atoms with Gasteiger partial charge in [0.25, 0.3) is 0 Å². The highest BCUT2D eigenvalue weighted by Crippen LogP contribution is 2.06. The number of nitrogens with two attached hydrogens (primary N) is 1. The molecule has 13 heavy (non-hydrogen) atoms. The average Bonchev–Trinajstić information content (AvgIpc) is 2.22. The second-order valence-electron chi connectivity index (χ2n) is 3.18. The molecule has 0 aromatic heterocycles. The van der Waals surface area contributed by atoms with Crippen molar-refractivity contribution in [3.8, 4) is 0 Å². The molecular weight excluding hydrogens is 158 g/mol. The van der Waals surface area contributed by atoms with Gasteiger partial charge in [0.1, 0.15) is 0 Å². The average molecular weight is 175 g/mol. The zero-order valence-corrected chi connectivity index (χ0v) is 7.89. The summed E-state index contributed by atoms with van der Waals surface area (Å²) in [6.45, 7) is 0. The third-order valence-corrected chi connectivity index (χ3v) is 1.96. The third kappa shape index (κ3) is 5.21. The Bertz CT molecular complexity index is 201. The van der Waals surface area contributed by atoms with E-state index in [-0.39, 0.29) is 0 Å². The van der Waals surface area contributed by atoms with E-state index in [0.717, 1.165) is 0 Å². The molecule has 0 bridgehead atoms. The molecule has 0 saturated heterocycles. The highest BCUT2D eigenvalue weighted by Gasteiger charge is 1.99.